The van der Waals surface area contributed by atoms with Gasteiger partial charge in [0.15, 0.2) is 11.6 Å². The molecule has 0 N–H and O–H groups in total. The second kappa shape index (κ2) is 20.2. The molecule has 0 atom stereocenters. The van der Waals surface area contributed by atoms with Crippen LogP contribution < -0.4 is 0 Å². The first-order valence-electron chi connectivity index (χ1n) is 32.7. The number of hydrogen-bond acceptors (Lipinski definition) is 3. The van der Waals surface area contributed by atoms with E-state index in [4.69, 9.17) is 15.0 Å². The highest BCUT2D eigenvalue weighted by atomic mass is 15.2. The normalized spacial score (nSPS) is 12.2. The van der Waals surface area contributed by atoms with Gasteiger partial charge in [-0.2, -0.15) is 9.97 Å². The Balaban J connectivity index is 0.866. The third-order valence-corrected chi connectivity index (χ3v) is 20.0. The molecule has 7 aromatic heterocycles. The quantitative estimate of drug-likeness (QED) is 0.152. The number of fused-ring (bicyclic) bond motifs is 21. The highest BCUT2D eigenvalue weighted by molar-refractivity contribution is 6.29. The summed E-state index contributed by atoms with van der Waals surface area (Å²) < 4.78 is 14.4. The fourth-order valence-electron chi connectivity index (χ4n) is 16.2. The lowest BCUT2D eigenvalue weighted by atomic mass is 10.1. The molecule has 0 unspecified atom stereocenters. The highest BCUT2D eigenvalue weighted by Gasteiger charge is 2.28. The molecule has 21 aromatic rings. The van der Waals surface area contributed by atoms with Crippen molar-refractivity contribution in [3.05, 3.63) is 322 Å². The average Bonchev–Trinajstić information content (AvgIpc) is 1.56. The molecule has 0 bridgehead atoms. The van der Waals surface area contributed by atoms with Gasteiger partial charge in [0.25, 0.3) is 0 Å². The summed E-state index contributed by atoms with van der Waals surface area (Å²) in [4.78, 5) is 17.5. The van der Waals surface area contributed by atoms with Crippen molar-refractivity contribution in [1.29, 1.82) is 0 Å². The van der Waals surface area contributed by atoms with Crippen molar-refractivity contribution in [2.75, 3.05) is 0 Å². The Morgan fingerprint density at radius 3 is 0.802 bits per heavy atom. The summed E-state index contributed by atoms with van der Waals surface area (Å²) >= 11 is 0. The molecule has 0 aliphatic heterocycles. The average molecular weight is 1220 g/mol. The maximum atomic E-state index is 5.83. The molecule has 9 nitrogen and oxygen atoms in total. The zero-order chi connectivity index (χ0) is 62.7. The minimum Gasteiger partial charge on any atom is -0.309 e. The van der Waals surface area contributed by atoms with Crippen LogP contribution in [0, 0.1) is 0 Å². The lowest BCUT2D eigenvalue weighted by Crippen LogP contribution is -2.09. The van der Waals surface area contributed by atoms with Gasteiger partial charge in [-0.15, -0.1) is 0 Å². The Bertz CT molecular complexity index is 6530. The molecular formula is C87H53N9. The van der Waals surface area contributed by atoms with Crippen molar-refractivity contribution in [3.8, 4) is 57.2 Å². The molecule has 14 aromatic carbocycles. The second-order valence-corrected chi connectivity index (χ2v) is 25.0. The lowest BCUT2D eigenvalue weighted by molar-refractivity contribution is 0.950. The van der Waals surface area contributed by atoms with Crippen LogP contribution in [0.2, 0.25) is 0 Å². The summed E-state index contributed by atoms with van der Waals surface area (Å²) in [6, 6.07) is 116. The van der Waals surface area contributed by atoms with E-state index in [0.717, 1.165) is 127 Å². The number of nitrogens with zero attached hydrogens (tertiary/aromatic N) is 9. The molecule has 0 aliphatic rings. The fourth-order valence-corrected chi connectivity index (χ4v) is 16.2. The molecular weight excluding hydrogens is 1170 g/mol. The van der Waals surface area contributed by atoms with Crippen molar-refractivity contribution in [3.63, 3.8) is 0 Å². The number of rotatable bonds is 8. The maximum Gasteiger partial charge on any atom is 0.238 e. The molecule has 0 radical (unpaired) electrons. The Morgan fingerprint density at radius 2 is 0.448 bits per heavy atom. The Hall–Kier alpha value is -13.1. The van der Waals surface area contributed by atoms with Gasteiger partial charge in [0.2, 0.25) is 5.95 Å². The van der Waals surface area contributed by atoms with Gasteiger partial charge in [-0.25, -0.2) is 4.98 Å². The van der Waals surface area contributed by atoms with Crippen LogP contribution in [0.4, 0.5) is 0 Å². The van der Waals surface area contributed by atoms with Crippen LogP contribution in [0.15, 0.2) is 322 Å². The van der Waals surface area contributed by atoms with Crippen molar-refractivity contribution in [2.24, 2.45) is 0 Å². The molecule has 0 saturated heterocycles. The van der Waals surface area contributed by atoms with Gasteiger partial charge in [0.05, 0.1) is 77.6 Å². The third kappa shape index (κ3) is 7.30. The van der Waals surface area contributed by atoms with E-state index in [9.17, 15) is 0 Å². The van der Waals surface area contributed by atoms with E-state index in [1.54, 1.807) is 0 Å². The zero-order valence-electron chi connectivity index (χ0n) is 51.6. The van der Waals surface area contributed by atoms with Crippen LogP contribution in [0.25, 0.3) is 188 Å². The monoisotopic (exact) mass is 1220 g/mol. The Kier molecular flexibility index (Phi) is 11.0. The van der Waals surface area contributed by atoms with Gasteiger partial charge in [-0.1, -0.05) is 206 Å². The predicted octanol–water partition coefficient (Wildman–Crippen LogP) is 21.8. The molecule has 9 heteroatoms. The summed E-state index contributed by atoms with van der Waals surface area (Å²) in [5.74, 6) is 1.57. The molecule has 0 amide bonds. The Morgan fingerprint density at radius 1 is 0.177 bits per heavy atom. The van der Waals surface area contributed by atoms with E-state index < -0.39 is 0 Å². The van der Waals surface area contributed by atoms with Crippen LogP contribution in [0.1, 0.15) is 0 Å². The predicted molar refractivity (Wildman–Crippen MR) is 397 cm³/mol. The van der Waals surface area contributed by atoms with Gasteiger partial charge >= 0.3 is 0 Å². The minimum atomic E-state index is 0.500. The van der Waals surface area contributed by atoms with Crippen molar-refractivity contribution in [1.82, 2.24) is 42.4 Å². The number of benzene rings is 14. The van der Waals surface area contributed by atoms with Crippen LogP contribution >= 0.6 is 0 Å². The smallest absolute Gasteiger partial charge is 0.238 e. The van der Waals surface area contributed by atoms with Crippen molar-refractivity contribution in [2.45, 2.75) is 0 Å². The molecule has 0 saturated carbocycles. The molecule has 0 spiro atoms. The first-order valence-corrected chi connectivity index (χ1v) is 32.7. The number of aromatic nitrogens is 9. The van der Waals surface area contributed by atoms with Crippen LogP contribution in [0.3, 0.4) is 0 Å². The van der Waals surface area contributed by atoms with Crippen molar-refractivity contribution >= 4 is 131 Å². The summed E-state index contributed by atoms with van der Waals surface area (Å²) in [7, 11) is 0. The van der Waals surface area contributed by atoms with Crippen LogP contribution in [-0.2, 0) is 0 Å². The van der Waals surface area contributed by atoms with E-state index in [2.05, 4.69) is 349 Å². The molecule has 96 heavy (non-hydrogen) atoms. The summed E-state index contributed by atoms with van der Waals surface area (Å²) in [6.07, 6.45) is 0. The first-order chi connectivity index (χ1) is 47.7. The van der Waals surface area contributed by atoms with Crippen LogP contribution in [-0.4, -0.2) is 42.4 Å². The van der Waals surface area contributed by atoms with Gasteiger partial charge < -0.3 is 22.8 Å². The Labute approximate surface area is 548 Å². The summed E-state index contributed by atoms with van der Waals surface area (Å²) in [5, 5.41) is 14.0. The fraction of sp³-hybridized carbons (Fsp3) is 0. The van der Waals surface area contributed by atoms with E-state index in [1.807, 2.05) is 0 Å². The largest absolute Gasteiger partial charge is 0.309 e. The summed E-state index contributed by atoms with van der Waals surface area (Å²) in [5.41, 5.74) is 20.0. The second-order valence-electron chi connectivity index (χ2n) is 25.0. The maximum absolute atomic E-state index is 5.83. The molecule has 21 rings (SSSR count). The van der Waals surface area contributed by atoms with E-state index in [0.29, 0.717) is 17.6 Å². The summed E-state index contributed by atoms with van der Waals surface area (Å²) in [6.45, 7) is 0. The van der Waals surface area contributed by atoms with Gasteiger partial charge in [-0.05, 0) is 115 Å². The molecule has 446 valence electrons. The standard InChI is InChI=1S/C87H53N9/c1-4-26-54(27-5-1)91-68-40-18-10-32-57(68)60-48-51-76-79(82(60)91)63-35-13-21-43-71(63)94(76)74-46-24-16-38-66(74)85-88-86(90-87(89-85)96-73-45-23-15-37-65(73)81-78(96)53-50-62-59-34-12-20-42-70(59)93(84(62)81)56-30-8-3-9-31-56)67-39-17-25-47-75(67)95-72-44-22-14-36-64(72)80-77(95)52-49-61-58-33-11-19-41-69(58)92(83(61)80)55-28-6-2-7-29-55/h1-53H. The first kappa shape index (κ1) is 52.5. The van der Waals surface area contributed by atoms with E-state index >= 15 is 0 Å². The van der Waals surface area contributed by atoms with E-state index in [-0.39, 0.29) is 0 Å². The number of para-hydroxylation sites is 11. The molecule has 7 heterocycles. The lowest BCUT2D eigenvalue weighted by Gasteiger charge is -2.17. The molecule has 0 aliphatic carbocycles. The minimum absolute atomic E-state index is 0.500. The zero-order valence-corrected chi connectivity index (χ0v) is 51.6. The van der Waals surface area contributed by atoms with Gasteiger partial charge in [0.1, 0.15) is 0 Å². The topological polar surface area (TPSA) is 68.2 Å². The van der Waals surface area contributed by atoms with Gasteiger partial charge in [0, 0.05) is 92.8 Å². The highest BCUT2D eigenvalue weighted by Crippen LogP contribution is 2.48. The van der Waals surface area contributed by atoms with Crippen LogP contribution in [0.5, 0.6) is 0 Å². The SMILES string of the molecule is c1ccc(-n2c3ccccc3c3ccc4c(c5ccccc5n4-c4nc(-c5ccccc5-n5c6ccccc6c6c5ccc5c7ccccc7n(-c7ccccc7)c56)nc(-c5ccccc5-n5c6ccccc6c6c5ccc5c7ccccc7n(-c7ccccc7)c56)n4)c32)cc1. The molecule has 0 fully saturated rings. The van der Waals surface area contributed by atoms with Gasteiger partial charge in [-0.3, -0.25) is 4.57 Å². The third-order valence-electron chi connectivity index (χ3n) is 20.0. The van der Waals surface area contributed by atoms with E-state index in [1.165, 1.54) is 43.1 Å². The number of hydrogen-bond donors (Lipinski definition) is 0. The van der Waals surface area contributed by atoms with Crippen molar-refractivity contribution < 1.29 is 0 Å².